The van der Waals surface area contributed by atoms with Crippen molar-refractivity contribution in [2.24, 2.45) is 0 Å². The molecule has 0 radical (unpaired) electrons. The van der Waals surface area contributed by atoms with Crippen LogP contribution < -0.4 is 5.32 Å². The molecular formula is C14H18N2O3. The number of amides is 1. The molecule has 19 heavy (non-hydrogen) atoms. The highest BCUT2D eigenvalue weighted by molar-refractivity contribution is 6.42. The average molecular weight is 262 g/mol. The molecule has 1 fully saturated rings. The van der Waals surface area contributed by atoms with Gasteiger partial charge in [-0.1, -0.05) is 30.3 Å². The summed E-state index contributed by atoms with van der Waals surface area (Å²) < 4.78 is 5.24. The van der Waals surface area contributed by atoms with Gasteiger partial charge in [0.15, 0.2) is 0 Å². The molecule has 1 heterocycles. The third-order valence-electron chi connectivity index (χ3n) is 3.06. The number of nitrogens with zero attached hydrogens (tertiary/aromatic N) is 1. The third-order valence-corrected chi connectivity index (χ3v) is 3.06. The van der Waals surface area contributed by atoms with Gasteiger partial charge in [0.25, 0.3) is 5.91 Å². The number of rotatable bonds is 5. The van der Waals surface area contributed by atoms with Gasteiger partial charge in [-0.3, -0.25) is 14.5 Å². The predicted octanol–water partition coefficient (Wildman–Crippen LogP) is 0.318. The quantitative estimate of drug-likeness (QED) is 0.613. The van der Waals surface area contributed by atoms with Crippen molar-refractivity contribution >= 4 is 11.7 Å². The van der Waals surface area contributed by atoms with E-state index in [2.05, 4.69) is 10.2 Å². The Labute approximate surface area is 112 Å². The van der Waals surface area contributed by atoms with Crippen LogP contribution in [-0.2, 0) is 9.53 Å². The lowest BCUT2D eigenvalue weighted by atomic mass is 10.1. The highest BCUT2D eigenvalue weighted by Gasteiger charge is 2.16. The van der Waals surface area contributed by atoms with E-state index in [-0.39, 0.29) is 0 Å². The van der Waals surface area contributed by atoms with Gasteiger partial charge in [-0.15, -0.1) is 0 Å². The second-order valence-corrected chi connectivity index (χ2v) is 4.41. The van der Waals surface area contributed by atoms with Crippen LogP contribution in [0.25, 0.3) is 0 Å². The topological polar surface area (TPSA) is 58.6 Å². The van der Waals surface area contributed by atoms with Crippen LogP contribution in [0, 0.1) is 0 Å². The maximum Gasteiger partial charge on any atom is 0.292 e. The predicted molar refractivity (Wildman–Crippen MR) is 71.0 cm³/mol. The minimum absolute atomic E-state index is 0.423. The SMILES string of the molecule is O=C(NCCN1CCOCC1)C(=O)c1ccccc1. The summed E-state index contributed by atoms with van der Waals surface area (Å²) in [5.41, 5.74) is 0.423. The van der Waals surface area contributed by atoms with Crippen molar-refractivity contribution in [2.75, 3.05) is 39.4 Å². The molecule has 5 heteroatoms. The molecule has 1 saturated heterocycles. The Morgan fingerprint density at radius 2 is 1.84 bits per heavy atom. The zero-order valence-corrected chi connectivity index (χ0v) is 10.8. The van der Waals surface area contributed by atoms with Gasteiger partial charge >= 0.3 is 0 Å². The van der Waals surface area contributed by atoms with Crippen LogP contribution in [0.15, 0.2) is 30.3 Å². The summed E-state index contributed by atoms with van der Waals surface area (Å²) in [5.74, 6) is -1.03. The Morgan fingerprint density at radius 1 is 1.16 bits per heavy atom. The molecule has 0 unspecified atom stereocenters. The number of nitrogens with one attached hydrogen (secondary N) is 1. The summed E-state index contributed by atoms with van der Waals surface area (Å²) in [6.45, 7) is 4.45. The van der Waals surface area contributed by atoms with Crippen LogP contribution >= 0.6 is 0 Å². The van der Waals surface area contributed by atoms with Gasteiger partial charge in [-0.05, 0) is 0 Å². The summed E-state index contributed by atoms with van der Waals surface area (Å²) in [4.78, 5) is 25.7. The van der Waals surface area contributed by atoms with Crippen molar-refractivity contribution in [1.82, 2.24) is 10.2 Å². The number of Topliss-reactive ketones (excluding diaryl/α,β-unsaturated/α-hetero) is 1. The van der Waals surface area contributed by atoms with Gasteiger partial charge in [-0.2, -0.15) is 0 Å². The molecule has 0 bridgehead atoms. The van der Waals surface area contributed by atoms with Crippen LogP contribution in [0.4, 0.5) is 0 Å². The van der Waals surface area contributed by atoms with Crippen LogP contribution in [0.2, 0.25) is 0 Å². The number of ketones is 1. The maximum absolute atomic E-state index is 11.8. The minimum Gasteiger partial charge on any atom is -0.379 e. The average Bonchev–Trinajstić information content (AvgIpc) is 2.48. The number of carbonyl (C=O) groups is 2. The van der Waals surface area contributed by atoms with E-state index in [0.29, 0.717) is 12.1 Å². The largest absolute Gasteiger partial charge is 0.379 e. The Hall–Kier alpha value is -1.72. The van der Waals surface area contributed by atoms with Gasteiger partial charge in [0, 0.05) is 31.7 Å². The van der Waals surface area contributed by atoms with Crippen molar-refractivity contribution in [3.8, 4) is 0 Å². The fourth-order valence-electron chi connectivity index (χ4n) is 1.95. The summed E-state index contributed by atoms with van der Waals surface area (Å²) in [6.07, 6.45) is 0. The Balaban J connectivity index is 1.73. The van der Waals surface area contributed by atoms with Crippen LogP contribution in [-0.4, -0.2) is 56.0 Å². The molecule has 1 amide bonds. The Kier molecular flexibility index (Phi) is 5.06. The summed E-state index contributed by atoms with van der Waals surface area (Å²) in [5, 5.41) is 2.66. The molecule has 1 aromatic carbocycles. The third kappa shape index (κ3) is 4.15. The number of morpholine rings is 1. The molecule has 1 aliphatic rings. The molecule has 1 N–H and O–H groups in total. The second kappa shape index (κ2) is 7.01. The van der Waals surface area contributed by atoms with Crippen molar-refractivity contribution < 1.29 is 14.3 Å². The monoisotopic (exact) mass is 262 g/mol. The van der Waals surface area contributed by atoms with Crippen LogP contribution in [0.3, 0.4) is 0 Å². The van der Waals surface area contributed by atoms with Crippen LogP contribution in [0.5, 0.6) is 0 Å². The van der Waals surface area contributed by atoms with Gasteiger partial charge < -0.3 is 10.1 Å². The molecule has 0 aromatic heterocycles. The molecule has 5 nitrogen and oxygen atoms in total. The molecule has 102 valence electrons. The number of hydrogen-bond donors (Lipinski definition) is 1. The lowest BCUT2D eigenvalue weighted by Crippen LogP contribution is -2.42. The van der Waals surface area contributed by atoms with Crippen LogP contribution in [0.1, 0.15) is 10.4 Å². The van der Waals surface area contributed by atoms with E-state index >= 15 is 0 Å². The first-order chi connectivity index (χ1) is 9.27. The Morgan fingerprint density at radius 3 is 2.53 bits per heavy atom. The molecule has 1 aromatic rings. The molecule has 2 rings (SSSR count). The normalized spacial score (nSPS) is 16.0. The lowest BCUT2D eigenvalue weighted by molar-refractivity contribution is -0.117. The number of ether oxygens (including phenoxy) is 1. The van der Waals surface area contributed by atoms with E-state index in [1.165, 1.54) is 0 Å². The van der Waals surface area contributed by atoms with Gasteiger partial charge in [0.05, 0.1) is 13.2 Å². The van der Waals surface area contributed by atoms with E-state index < -0.39 is 11.7 Å². The molecule has 0 saturated carbocycles. The molecule has 0 aliphatic carbocycles. The van der Waals surface area contributed by atoms with E-state index in [1.807, 2.05) is 6.07 Å². The minimum atomic E-state index is -0.542. The van der Waals surface area contributed by atoms with Crippen molar-refractivity contribution in [3.63, 3.8) is 0 Å². The molecular weight excluding hydrogens is 244 g/mol. The van der Waals surface area contributed by atoms with Crippen molar-refractivity contribution in [1.29, 1.82) is 0 Å². The van der Waals surface area contributed by atoms with E-state index in [0.717, 1.165) is 32.8 Å². The Bertz CT molecular complexity index is 428. The molecule has 0 atom stereocenters. The highest BCUT2D eigenvalue weighted by Crippen LogP contribution is 2.00. The maximum atomic E-state index is 11.8. The number of benzene rings is 1. The molecule has 0 spiro atoms. The first-order valence-electron chi connectivity index (χ1n) is 6.45. The first kappa shape index (κ1) is 13.7. The van der Waals surface area contributed by atoms with Gasteiger partial charge in [0.2, 0.25) is 5.78 Å². The number of hydrogen-bond acceptors (Lipinski definition) is 4. The standard InChI is InChI=1S/C14H18N2O3/c17-13(12-4-2-1-3-5-12)14(18)15-6-7-16-8-10-19-11-9-16/h1-5H,6-11H2,(H,15,18). The van der Waals surface area contributed by atoms with Gasteiger partial charge in [0.1, 0.15) is 0 Å². The van der Waals surface area contributed by atoms with E-state index in [1.54, 1.807) is 24.3 Å². The summed E-state index contributed by atoms with van der Waals surface area (Å²) in [7, 11) is 0. The summed E-state index contributed by atoms with van der Waals surface area (Å²) in [6, 6.07) is 8.59. The zero-order chi connectivity index (χ0) is 13.5. The van der Waals surface area contributed by atoms with E-state index in [9.17, 15) is 9.59 Å². The summed E-state index contributed by atoms with van der Waals surface area (Å²) >= 11 is 0. The smallest absolute Gasteiger partial charge is 0.292 e. The van der Waals surface area contributed by atoms with E-state index in [4.69, 9.17) is 4.74 Å². The zero-order valence-electron chi connectivity index (χ0n) is 10.8. The van der Waals surface area contributed by atoms with Crippen molar-refractivity contribution in [3.05, 3.63) is 35.9 Å². The number of carbonyl (C=O) groups excluding carboxylic acids is 2. The van der Waals surface area contributed by atoms with Crippen molar-refractivity contribution in [2.45, 2.75) is 0 Å². The fraction of sp³-hybridized carbons (Fsp3) is 0.429. The second-order valence-electron chi connectivity index (χ2n) is 4.41. The van der Waals surface area contributed by atoms with Gasteiger partial charge in [-0.25, -0.2) is 0 Å². The highest BCUT2D eigenvalue weighted by atomic mass is 16.5. The fourth-order valence-corrected chi connectivity index (χ4v) is 1.95. The molecule has 1 aliphatic heterocycles. The lowest BCUT2D eigenvalue weighted by Gasteiger charge is -2.26. The first-order valence-corrected chi connectivity index (χ1v) is 6.45.